The number of hydrogen-bond donors (Lipinski definition) is 2. The zero-order valence-electron chi connectivity index (χ0n) is 17.2. The van der Waals surface area contributed by atoms with Crippen molar-refractivity contribution in [3.8, 4) is 0 Å². The van der Waals surface area contributed by atoms with Crippen LogP contribution in [0.2, 0.25) is 5.28 Å². The highest BCUT2D eigenvalue weighted by Crippen LogP contribution is 2.37. The Labute approximate surface area is 187 Å². The van der Waals surface area contributed by atoms with Gasteiger partial charge in [-0.1, -0.05) is 18.2 Å². The molecule has 3 atom stereocenters. The van der Waals surface area contributed by atoms with Crippen LogP contribution in [-0.4, -0.2) is 45.6 Å². The molecule has 170 valence electrons. The molecule has 2 aromatic rings. The molecular formula is C21H21ClF3N5O2. The van der Waals surface area contributed by atoms with E-state index in [-0.39, 0.29) is 35.9 Å². The number of anilines is 1. The molecular weight excluding hydrogens is 447 g/mol. The fraction of sp³-hybridized carbons (Fsp3) is 0.476. The largest absolute Gasteiger partial charge is 0.363 e. The predicted octanol–water partition coefficient (Wildman–Crippen LogP) is 3.35. The molecule has 2 bridgehead atoms. The molecule has 3 aliphatic rings. The summed E-state index contributed by atoms with van der Waals surface area (Å²) in [5.74, 6) is -0.734. The lowest BCUT2D eigenvalue weighted by atomic mass is 10.0. The maximum absolute atomic E-state index is 14.6. The van der Waals surface area contributed by atoms with Crippen LogP contribution in [0.25, 0.3) is 0 Å². The van der Waals surface area contributed by atoms with Crippen LogP contribution in [0.3, 0.4) is 0 Å². The highest BCUT2D eigenvalue weighted by molar-refractivity contribution is 6.28. The van der Waals surface area contributed by atoms with Crippen molar-refractivity contribution >= 4 is 23.3 Å². The third kappa shape index (κ3) is 3.50. The van der Waals surface area contributed by atoms with E-state index in [9.17, 15) is 18.0 Å². The lowest BCUT2D eigenvalue weighted by Gasteiger charge is -2.29. The van der Waals surface area contributed by atoms with Crippen LogP contribution in [0.4, 0.5) is 19.0 Å². The second-order valence-electron chi connectivity index (χ2n) is 8.43. The zero-order chi connectivity index (χ0) is 22.6. The van der Waals surface area contributed by atoms with E-state index in [0.29, 0.717) is 36.6 Å². The fourth-order valence-corrected chi connectivity index (χ4v) is 4.88. The van der Waals surface area contributed by atoms with Crippen LogP contribution < -0.4 is 10.6 Å². The number of hydrogen-bond acceptors (Lipinski definition) is 6. The Morgan fingerprint density at radius 3 is 2.78 bits per heavy atom. The van der Waals surface area contributed by atoms with Crippen LogP contribution in [0, 0.1) is 5.82 Å². The standard InChI is InChI=1S/C21H21ClF3N5O2/c1-10(12-3-2-4-13(16(12)23)17(24)25)27-18-14-6-30(7-15(14)28-20(22)29-18)19(31)21-5-11(8-32-21)26-9-21/h2-4,10-11,17,26H,5-9H2,1H3,(H,27,28,29)/t10-,11+,21+/m1/s1. The summed E-state index contributed by atoms with van der Waals surface area (Å²) in [6.45, 7) is 3.12. The van der Waals surface area contributed by atoms with Crippen molar-refractivity contribution in [3.05, 3.63) is 51.7 Å². The van der Waals surface area contributed by atoms with E-state index in [1.54, 1.807) is 11.8 Å². The molecule has 0 radical (unpaired) electrons. The number of rotatable bonds is 5. The number of fused-ring (bicyclic) bond motifs is 3. The first-order valence-corrected chi connectivity index (χ1v) is 10.7. The highest BCUT2D eigenvalue weighted by Gasteiger charge is 2.54. The van der Waals surface area contributed by atoms with E-state index in [0.717, 1.165) is 6.07 Å². The number of benzene rings is 1. The van der Waals surface area contributed by atoms with Gasteiger partial charge in [-0.15, -0.1) is 0 Å². The van der Waals surface area contributed by atoms with Crippen LogP contribution in [-0.2, 0) is 22.6 Å². The van der Waals surface area contributed by atoms with Crippen LogP contribution in [0.1, 0.15) is 48.2 Å². The molecule has 7 nitrogen and oxygen atoms in total. The van der Waals surface area contributed by atoms with Gasteiger partial charge in [0.05, 0.1) is 37.0 Å². The lowest BCUT2D eigenvalue weighted by molar-refractivity contribution is -0.153. The fourth-order valence-electron chi connectivity index (χ4n) is 4.69. The highest BCUT2D eigenvalue weighted by atomic mass is 35.5. The van der Waals surface area contributed by atoms with E-state index in [1.165, 1.54) is 12.1 Å². The molecule has 2 N–H and O–H groups in total. The smallest absolute Gasteiger partial charge is 0.266 e. The first-order valence-electron chi connectivity index (χ1n) is 10.3. The number of amides is 1. The van der Waals surface area contributed by atoms with Crippen molar-refractivity contribution in [3.63, 3.8) is 0 Å². The van der Waals surface area contributed by atoms with Crippen molar-refractivity contribution < 1.29 is 22.7 Å². The molecule has 0 unspecified atom stereocenters. The third-order valence-corrected chi connectivity index (χ3v) is 6.53. The average molecular weight is 468 g/mol. The minimum absolute atomic E-state index is 0.0209. The summed E-state index contributed by atoms with van der Waals surface area (Å²) >= 11 is 6.10. The Morgan fingerprint density at radius 2 is 2.12 bits per heavy atom. The summed E-state index contributed by atoms with van der Waals surface area (Å²) in [5, 5.41) is 6.33. The van der Waals surface area contributed by atoms with Gasteiger partial charge in [0.15, 0.2) is 5.60 Å². The Bertz CT molecular complexity index is 1080. The molecule has 32 heavy (non-hydrogen) atoms. The molecule has 11 heteroatoms. The molecule has 0 spiro atoms. The minimum atomic E-state index is -2.92. The molecule has 0 aliphatic carbocycles. The Morgan fingerprint density at radius 1 is 1.34 bits per heavy atom. The van der Waals surface area contributed by atoms with Gasteiger partial charge >= 0.3 is 0 Å². The number of alkyl halides is 2. The van der Waals surface area contributed by atoms with Crippen molar-refractivity contribution in [1.29, 1.82) is 0 Å². The maximum Gasteiger partial charge on any atom is 0.266 e. The molecule has 0 saturated carbocycles. The molecule has 1 aromatic carbocycles. The lowest BCUT2D eigenvalue weighted by Crippen LogP contribution is -2.51. The molecule has 5 rings (SSSR count). The summed E-state index contributed by atoms with van der Waals surface area (Å²) in [7, 11) is 0. The third-order valence-electron chi connectivity index (χ3n) is 6.36. The van der Waals surface area contributed by atoms with Crippen LogP contribution >= 0.6 is 11.6 Å². The monoisotopic (exact) mass is 467 g/mol. The molecule has 2 saturated heterocycles. The molecule has 1 aromatic heterocycles. The molecule has 3 aliphatic heterocycles. The summed E-state index contributed by atoms with van der Waals surface area (Å²) < 4.78 is 46.6. The van der Waals surface area contributed by atoms with Crippen molar-refractivity contribution in [2.24, 2.45) is 0 Å². The van der Waals surface area contributed by atoms with Gasteiger partial charge in [-0.3, -0.25) is 4.79 Å². The number of nitrogens with one attached hydrogen (secondary N) is 2. The Kier molecular flexibility index (Phi) is 5.26. The van der Waals surface area contributed by atoms with E-state index in [4.69, 9.17) is 16.3 Å². The average Bonchev–Trinajstić information content (AvgIpc) is 3.48. The molecule has 4 heterocycles. The van der Waals surface area contributed by atoms with Crippen LogP contribution in [0.15, 0.2) is 18.2 Å². The normalized spacial score (nSPS) is 24.8. The molecule has 1 amide bonds. The molecule has 2 fully saturated rings. The number of carbonyl (C=O) groups excluding carboxylic acids is 1. The van der Waals surface area contributed by atoms with E-state index < -0.39 is 29.4 Å². The predicted molar refractivity (Wildman–Crippen MR) is 110 cm³/mol. The van der Waals surface area contributed by atoms with Gasteiger partial charge in [-0.05, 0) is 18.5 Å². The van der Waals surface area contributed by atoms with Gasteiger partial charge in [0.25, 0.3) is 12.3 Å². The second-order valence-corrected chi connectivity index (χ2v) is 8.77. The first-order chi connectivity index (χ1) is 15.3. The summed E-state index contributed by atoms with van der Waals surface area (Å²) in [6, 6.07) is 3.41. The van der Waals surface area contributed by atoms with Crippen molar-refractivity contribution in [2.45, 2.75) is 50.5 Å². The summed E-state index contributed by atoms with van der Waals surface area (Å²) in [6.07, 6.45) is -2.28. The number of nitrogens with zero attached hydrogens (tertiary/aromatic N) is 3. The summed E-state index contributed by atoms with van der Waals surface area (Å²) in [5.41, 5.74) is -0.177. The SMILES string of the molecule is C[C@@H](Nc1nc(Cl)nc2c1CN(C(=O)[C@]13CN[C@H](CO1)C3)C2)c1cccc(C(F)F)c1F. The Hall–Kier alpha value is -2.43. The quantitative estimate of drug-likeness (QED) is 0.657. The van der Waals surface area contributed by atoms with Gasteiger partial charge in [0.1, 0.15) is 11.6 Å². The second kappa shape index (κ2) is 7.86. The number of halogens is 4. The van der Waals surface area contributed by atoms with Gasteiger partial charge in [0.2, 0.25) is 5.28 Å². The Balaban J connectivity index is 1.39. The first kappa shape index (κ1) is 21.4. The maximum atomic E-state index is 14.6. The van der Waals surface area contributed by atoms with Crippen molar-refractivity contribution in [2.75, 3.05) is 18.5 Å². The summed E-state index contributed by atoms with van der Waals surface area (Å²) in [4.78, 5) is 23.4. The zero-order valence-corrected chi connectivity index (χ0v) is 17.9. The number of morpholine rings is 1. The van der Waals surface area contributed by atoms with E-state index in [1.807, 2.05) is 0 Å². The number of aromatic nitrogens is 2. The van der Waals surface area contributed by atoms with Gasteiger partial charge in [-0.2, -0.15) is 0 Å². The number of ether oxygens (including phenoxy) is 1. The van der Waals surface area contributed by atoms with Crippen molar-refractivity contribution in [1.82, 2.24) is 20.2 Å². The van der Waals surface area contributed by atoms with E-state index >= 15 is 0 Å². The van der Waals surface area contributed by atoms with E-state index in [2.05, 4.69) is 20.6 Å². The minimum Gasteiger partial charge on any atom is -0.363 e. The van der Waals surface area contributed by atoms with Crippen LogP contribution in [0.5, 0.6) is 0 Å². The number of carbonyl (C=O) groups is 1. The topological polar surface area (TPSA) is 79.4 Å². The van der Waals surface area contributed by atoms with Gasteiger partial charge < -0.3 is 20.3 Å². The van der Waals surface area contributed by atoms with Gasteiger partial charge in [0, 0.05) is 30.1 Å². The van der Waals surface area contributed by atoms with Gasteiger partial charge in [-0.25, -0.2) is 23.1 Å².